The van der Waals surface area contributed by atoms with Gasteiger partial charge in [-0.25, -0.2) is 0 Å². The lowest BCUT2D eigenvalue weighted by Crippen LogP contribution is -2.65. The molecule has 1 aromatic carbocycles. The summed E-state index contributed by atoms with van der Waals surface area (Å²) in [6.45, 7) is 23.1. The molecule has 0 radical (unpaired) electrons. The third kappa shape index (κ3) is 8.68. The van der Waals surface area contributed by atoms with Crippen LogP contribution in [0.5, 0.6) is 0 Å². The highest BCUT2D eigenvalue weighted by Crippen LogP contribution is 2.23. The molecule has 0 saturated heterocycles. The Morgan fingerprint density at radius 3 is 1.43 bits per heavy atom. The lowest BCUT2D eigenvalue weighted by atomic mass is 10.1. The summed E-state index contributed by atoms with van der Waals surface area (Å²) >= 11 is 0. The first kappa shape index (κ1) is 27.1. The van der Waals surface area contributed by atoms with Gasteiger partial charge in [0.1, 0.15) is 0 Å². The largest absolute Gasteiger partial charge is 0.289 e. The number of rotatable bonds is 17. The second kappa shape index (κ2) is 15.0. The average Bonchev–Trinajstić information content (AvgIpc) is 2.74. The van der Waals surface area contributed by atoms with E-state index in [4.69, 9.17) is 0 Å². The first-order valence-electron chi connectivity index (χ1n) is 12.7. The second-order valence-corrected chi connectivity index (χ2v) is 11.8. The van der Waals surface area contributed by atoms with Crippen LogP contribution in [0.25, 0.3) is 5.57 Å². The lowest BCUT2D eigenvalue weighted by Gasteiger charge is -2.50. The van der Waals surface area contributed by atoms with Crippen molar-refractivity contribution in [3.8, 4) is 0 Å². The number of allylic oxidation sites excluding steroid dienone is 1. The highest BCUT2D eigenvalue weighted by Gasteiger charge is 2.37. The number of hydrogen-bond donors (Lipinski definition) is 0. The van der Waals surface area contributed by atoms with Crippen molar-refractivity contribution in [2.75, 3.05) is 26.2 Å². The second-order valence-electron chi connectivity index (χ2n) is 9.26. The van der Waals surface area contributed by atoms with Crippen LogP contribution in [0.1, 0.15) is 98.5 Å². The molecule has 172 valence electrons. The van der Waals surface area contributed by atoms with E-state index in [0.29, 0.717) is 0 Å². The minimum absolute atomic E-state index is 0.208. The van der Waals surface area contributed by atoms with Crippen molar-refractivity contribution in [3.05, 3.63) is 36.4 Å². The number of benzene rings is 1. The Morgan fingerprint density at radius 1 is 0.767 bits per heavy atom. The van der Waals surface area contributed by atoms with Gasteiger partial charge < -0.3 is 0 Å². The molecule has 0 bridgehead atoms. The maximum atomic E-state index is 4.12. The van der Waals surface area contributed by atoms with E-state index in [2.05, 4.69) is 82.2 Å². The van der Waals surface area contributed by atoms with Crippen molar-refractivity contribution in [1.82, 2.24) is 9.80 Å². The van der Waals surface area contributed by atoms with Gasteiger partial charge >= 0.3 is 0 Å². The van der Waals surface area contributed by atoms with Crippen LogP contribution in [0.2, 0.25) is 0 Å². The highest BCUT2D eigenvalue weighted by atomic mass is 28.2. The third-order valence-electron chi connectivity index (χ3n) is 6.47. The molecule has 30 heavy (non-hydrogen) atoms. The van der Waals surface area contributed by atoms with Crippen molar-refractivity contribution in [3.63, 3.8) is 0 Å². The maximum Gasteiger partial charge on any atom is 0.0958 e. The van der Waals surface area contributed by atoms with Crippen LogP contribution in [0, 0.1) is 0 Å². The smallest absolute Gasteiger partial charge is 0.0958 e. The minimum Gasteiger partial charge on any atom is -0.289 e. The van der Waals surface area contributed by atoms with E-state index in [9.17, 15) is 0 Å². The fourth-order valence-electron chi connectivity index (χ4n) is 4.30. The molecule has 0 aliphatic carbocycles. The fourth-order valence-corrected chi connectivity index (χ4v) is 6.62. The number of nitrogens with zero attached hydrogens (tertiary/aromatic N) is 2. The van der Waals surface area contributed by atoms with Crippen LogP contribution >= 0.6 is 0 Å². The highest BCUT2D eigenvalue weighted by molar-refractivity contribution is 6.56. The van der Waals surface area contributed by atoms with Gasteiger partial charge in [0.05, 0.1) is 14.8 Å². The zero-order valence-corrected chi connectivity index (χ0v) is 22.5. The van der Waals surface area contributed by atoms with E-state index < -0.39 is 9.52 Å². The Morgan fingerprint density at radius 2 is 1.13 bits per heavy atom. The van der Waals surface area contributed by atoms with E-state index in [1.807, 2.05) is 0 Å². The molecule has 0 aromatic heterocycles. The summed E-state index contributed by atoms with van der Waals surface area (Å²) in [7, 11) is -0.519. The Balaban J connectivity index is 3.27. The van der Waals surface area contributed by atoms with Crippen molar-refractivity contribution in [1.29, 1.82) is 0 Å². The molecule has 1 rings (SSSR count). The summed E-state index contributed by atoms with van der Waals surface area (Å²) in [5.74, 6) is 0. The molecule has 0 unspecified atom stereocenters. The summed E-state index contributed by atoms with van der Waals surface area (Å²) in [6.07, 6.45) is 10.3. The molecule has 2 nitrogen and oxygen atoms in total. The van der Waals surface area contributed by atoms with E-state index in [1.54, 1.807) is 5.19 Å². The van der Waals surface area contributed by atoms with Gasteiger partial charge in [0.25, 0.3) is 0 Å². The van der Waals surface area contributed by atoms with E-state index >= 15 is 0 Å². The summed E-state index contributed by atoms with van der Waals surface area (Å²) in [6, 6.07) is 9.36. The van der Waals surface area contributed by atoms with E-state index in [-0.39, 0.29) is 5.29 Å². The van der Waals surface area contributed by atoms with Gasteiger partial charge in [0.2, 0.25) is 0 Å². The van der Waals surface area contributed by atoms with Gasteiger partial charge in [-0.3, -0.25) is 9.80 Å². The molecule has 1 aromatic rings. The van der Waals surface area contributed by atoms with Crippen LogP contribution < -0.4 is 5.19 Å². The number of unbranched alkanes of at least 4 members (excludes halogenated alkanes) is 4. The van der Waals surface area contributed by atoms with Gasteiger partial charge in [0, 0.05) is 0 Å². The molecule has 0 aliphatic heterocycles. The van der Waals surface area contributed by atoms with Crippen LogP contribution in [-0.2, 0) is 0 Å². The monoisotopic (exact) mass is 430 g/mol. The van der Waals surface area contributed by atoms with Gasteiger partial charge in [-0.1, -0.05) is 95.0 Å². The Kier molecular flexibility index (Phi) is 13.6. The fraction of sp³-hybridized carbons (Fsp3) is 0.704. The molecular weight excluding hydrogens is 380 g/mol. The first-order chi connectivity index (χ1) is 14.4. The summed E-state index contributed by atoms with van der Waals surface area (Å²) in [5, 5.41) is 1.79. The van der Waals surface area contributed by atoms with Crippen molar-refractivity contribution < 1.29 is 0 Å². The summed E-state index contributed by atoms with van der Waals surface area (Å²) < 4.78 is 0. The van der Waals surface area contributed by atoms with Crippen LogP contribution in [-0.4, -0.2) is 50.8 Å². The quantitative estimate of drug-likeness (QED) is 0.221. The van der Waals surface area contributed by atoms with E-state index in [1.165, 1.54) is 83.1 Å². The zero-order valence-electron chi connectivity index (χ0n) is 21.1. The summed E-state index contributed by atoms with van der Waals surface area (Å²) in [4.78, 5) is 5.76. The molecule has 0 spiro atoms. The predicted molar refractivity (Wildman–Crippen MR) is 141 cm³/mol. The van der Waals surface area contributed by atoms with Crippen LogP contribution in [0.15, 0.2) is 30.8 Å². The molecule has 0 amide bonds. The molecule has 0 N–H and O–H groups in total. The zero-order chi connectivity index (χ0) is 22.4. The summed E-state index contributed by atoms with van der Waals surface area (Å²) in [5.41, 5.74) is 2.43. The van der Waals surface area contributed by atoms with Gasteiger partial charge in [-0.05, 0) is 71.3 Å². The van der Waals surface area contributed by atoms with Crippen molar-refractivity contribution in [2.24, 2.45) is 0 Å². The molecule has 0 fully saturated rings. The molecule has 3 heteroatoms. The standard InChI is InChI=1S/C27H50N2Si/c1-8-12-20-28(21-13-9-2)27(7,29(22-14-10-3)23-15-11-4)30-26-18-16-25(17-19-26)24(5)6/h16-19H,5,8-15,20-23,30H2,1-4,6-7H3. The van der Waals surface area contributed by atoms with Crippen LogP contribution in [0.3, 0.4) is 0 Å². The molecule has 0 heterocycles. The molecular formula is C27H50N2Si. The van der Waals surface area contributed by atoms with Gasteiger partial charge in [0.15, 0.2) is 0 Å². The van der Waals surface area contributed by atoms with Crippen molar-refractivity contribution in [2.45, 2.75) is 98.2 Å². The van der Waals surface area contributed by atoms with Crippen LogP contribution in [0.4, 0.5) is 0 Å². The predicted octanol–water partition coefficient (Wildman–Crippen LogP) is 5.99. The normalized spacial score (nSPS) is 12.5. The lowest BCUT2D eigenvalue weighted by molar-refractivity contribution is 0.0127. The average molecular weight is 431 g/mol. The molecule has 0 saturated carbocycles. The SMILES string of the molecule is C=C(C)c1ccc([SiH2]C(C)(N(CCCC)CCCC)N(CCCC)CCCC)cc1. The topological polar surface area (TPSA) is 6.48 Å². The number of hydrogen-bond acceptors (Lipinski definition) is 2. The first-order valence-corrected chi connectivity index (χ1v) is 14.1. The Hall–Kier alpha value is -0.903. The Bertz CT molecular complexity index is 545. The Labute approximate surface area is 190 Å². The molecule has 0 aliphatic rings. The van der Waals surface area contributed by atoms with E-state index in [0.717, 1.165) is 5.57 Å². The third-order valence-corrected chi connectivity index (χ3v) is 8.92. The maximum absolute atomic E-state index is 4.12. The van der Waals surface area contributed by atoms with Crippen molar-refractivity contribution >= 4 is 20.3 Å². The molecule has 0 atom stereocenters. The van der Waals surface area contributed by atoms with Gasteiger partial charge in [-0.2, -0.15) is 0 Å². The van der Waals surface area contributed by atoms with Gasteiger partial charge in [-0.15, -0.1) is 0 Å². The minimum atomic E-state index is -0.519.